The highest BCUT2D eigenvalue weighted by molar-refractivity contribution is 7.99. The van der Waals surface area contributed by atoms with E-state index in [4.69, 9.17) is 0 Å². The van der Waals surface area contributed by atoms with Crippen molar-refractivity contribution in [3.63, 3.8) is 0 Å². The van der Waals surface area contributed by atoms with Crippen molar-refractivity contribution in [1.82, 2.24) is 4.90 Å². The number of thioether (sulfide) groups is 1. The zero-order valence-electron chi connectivity index (χ0n) is 8.77. The van der Waals surface area contributed by atoms with Crippen molar-refractivity contribution in [3.8, 4) is 0 Å². The fourth-order valence-electron chi connectivity index (χ4n) is 2.23. The molecule has 5 nitrogen and oxygen atoms in total. The lowest BCUT2D eigenvalue weighted by Gasteiger charge is -2.37. The zero-order chi connectivity index (χ0) is 11.8. The summed E-state index contributed by atoms with van der Waals surface area (Å²) >= 11 is 1.48. The highest BCUT2D eigenvalue weighted by Crippen LogP contribution is 2.36. The van der Waals surface area contributed by atoms with Crippen molar-refractivity contribution in [1.29, 1.82) is 0 Å². The summed E-state index contributed by atoms with van der Waals surface area (Å²) in [4.78, 5) is 35.8. The SMILES string of the molecule is O=C1CCCC(=O)N1C1(C(=O)O)CCSC1. The molecule has 16 heavy (non-hydrogen) atoms. The third-order valence-electron chi connectivity index (χ3n) is 3.11. The summed E-state index contributed by atoms with van der Waals surface area (Å²) in [5.41, 5.74) is -1.28. The van der Waals surface area contributed by atoms with E-state index in [1.807, 2.05) is 0 Å². The van der Waals surface area contributed by atoms with Crippen LogP contribution >= 0.6 is 11.8 Å². The second kappa shape index (κ2) is 4.08. The first kappa shape index (κ1) is 11.4. The summed E-state index contributed by atoms with van der Waals surface area (Å²) in [5, 5.41) is 9.29. The largest absolute Gasteiger partial charge is 0.479 e. The summed E-state index contributed by atoms with van der Waals surface area (Å²) in [6.45, 7) is 0. The van der Waals surface area contributed by atoms with Crippen molar-refractivity contribution in [2.75, 3.05) is 11.5 Å². The molecule has 2 saturated heterocycles. The summed E-state index contributed by atoms with van der Waals surface area (Å²) in [6.07, 6.45) is 1.47. The van der Waals surface area contributed by atoms with E-state index >= 15 is 0 Å². The Hall–Kier alpha value is -1.04. The van der Waals surface area contributed by atoms with E-state index in [0.29, 0.717) is 24.3 Å². The number of imide groups is 1. The van der Waals surface area contributed by atoms with Crippen LogP contribution in [-0.2, 0) is 14.4 Å². The van der Waals surface area contributed by atoms with E-state index in [9.17, 15) is 19.5 Å². The predicted octanol–water partition coefficient (Wildman–Crippen LogP) is 0.486. The fourth-order valence-corrected chi connectivity index (χ4v) is 3.59. The van der Waals surface area contributed by atoms with Gasteiger partial charge in [0, 0.05) is 18.6 Å². The molecule has 0 aromatic heterocycles. The average molecular weight is 243 g/mol. The van der Waals surface area contributed by atoms with Crippen LogP contribution in [0.2, 0.25) is 0 Å². The summed E-state index contributed by atoms with van der Waals surface area (Å²) in [5.74, 6) is -0.716. The Morgan fingerprint density at radius 2 is 1.94 bits per heavy atom. The van der Waals surface area contributed by atoms with Crippen molar-refractivity contribution in [2.45, 2.75) is 31.2 Å². The molecule has 0 aromatic carbocycles. The van der Waals surface area contributed by atoms with E-state index in [1.165, 1.54) is 11.8 Å². The molecule has 0 radical (unpaired) electrons. The molecule has 0 spiro atoms. The van der Waals surface area contributed by atoms with E-state index in [-0.39, 0.29) is 24.7 Å². The molecule has 88 valence electrons. The minimum Gasteiger partial charge on any atom is -0.479 e. The third-order valence-corrected chi connectivity index (χ3v) is 4.28. The summed E-state index contributed by atoms with van der Waals surface area (Å²) < 4.78 is 0. The fraction of sp³-hybridized carbons (Fsp3) is 0.700. The first-order valence-electron chi connectivity index (χ1n) is 5.25. The second-order valence-corrected chi connectivity index (χ2v) is 5.22. The Bertz CT molecular complexity index is 333. The van der Waals surface area contributed by atoms with Gasteiger partial charge in [-0.25, -0.2) is 4.79 Å². The zero-order valence-corrected chi connectivity index (χ0v) is 9.59. The molecule has 0 bridgehead atoms. The smallest absolute Gasteiger partial charge is 0.331 e. The maximum atomic E-state index is 11.7. The summed E-state index contributed by atoms with van der Waals surface area (Å²) in [6, 6.07) is 0. The Morgan fingerprint density at radius 1 is 1.31 bits per heavy atom. The van der Waals surface area contributed by atoms with Gasteiger partial charge in [-0.3, -0.25) is 14.5 Å². The van der Waals surface area contributed by atoms with Crippen LogP contribution in [0.5, 0.6) is 0 Å². The topological polar surface area (TPSA) is 74.7 Å². The molecule has 2 aliphatic rings. The second-order valence-electron chi connectivity index (χ2n) is 4.12. The Balaban J connectivity index is 2.35. The van der Waals surface area contributed by atoms with Gasteiger partial charge in [-0.15, -0.1) is 0 Å². The normalized spacial score (nSPS) is 30.9. The highest BCUT2D eigenvalue weighted by atomic mass is 32.2. The van der Waals surface area contributed by atoms with Gasteiger partial charge in [0.25, 0.3) is 0 Å². The quantitative estimate of drug-likeness (QED) is 0.714. The number of nitrogens with zero attached hydrogens (tertiary/aromatic N) is 1. The predicted molar refractivity (Wildman–Crippen MR) is 58.0 cm³/mol. The van der Waals surface area contributed by atoms with E-state index < -0.39 is 11.5 Å². The number of aliphatic carboxylic acids is 1. The van der Waals surface area contributed by atoms with Crippen LogP contribution in [0, 0.1) is 0 Å². The molecule has 0 saturated carbocycles. The van der Waals surface area contributed by atoms with Gasteiger partial charge in [0.1, 0.15) is 0 Å². The van der Waals surface area contributed by atoms with Crippen LogP contribution in [0.15, 0.2) is 0 Å². The van der Waals surface area contributed by atoms with Gasteiger partial charge in [-0.2, -0.15) is 11.8 Å². The number of hydrogen-bond donors (Lipinski definition) is 1. The van der Waals surface area contributed by atoms with Gasteiger partial charge in [0.15, 0.2) is 5.54 Å². The first-order valence-corrected chi connectivity index (χ1v) is 6.40. The molecule has 0 aliphatic carbocycles. The Labute approximate surface area is 97.2 Å². The van der Waals surface area contributed by atoms with Crippen molar-refractivity contribution >= 4 is 29.5 Å². The van der Waals surface area contributed by atoms with Crippen molar-refractivity contribution < 1.29 is 19.5 Å². The number of hydrogen-bond acceptors (Lipinski definition) is 4. The molecule has 2 rings (SSSR count). The lowest BCUT2D eigenvalue weighted by molar-refractivity contribution is -0.167. The maximum Gasteiger partial charge on any atom is 0.331 e. The van der Waals surface area contributed by atoms with Crippen LogP contribution in [0.3, 0.4) is 0 Å². The maximum absolute atomic E-state index is 11.7. The Kier molecular flexibility index (Phi) is 2.92. The number of carbonyl (C=O) groups excluding carboxylic acids is 2. The van der Waals surface area contributed by atoms with Gasteiger partial charge in [0.05, 0.1) is 0 Å². The summed E-state index contributed by atoms with van der Waals surface area (Å²) in [7, 11) is 0. The number of rotatable bonds is 2. The molecule has 2 fully saturated rings. The number of carbonyl (C=O) groups is 3. The van der Waals surface area contributed by atoms with Crippen LogP contribution in [0.4, 0.5) is 0 Å². The molecule has 2 amide bonds. The average Bonchev–Trinajstić information content (AvgIpc) is 2.67. The minimum atomic E-state index is -1.28. The van der Waals surface area contributed by atoms with Crippen molar-refractivity contribution in [2.24, 2.45) is 0 Å². The molecule has 1 atom stereocenters. The minimum absolute atomic E-state index is 0.283. The highest BCUT2D eigenvalue weighted by Gasteiger charge is 2.52. The van der Waals surface area contributed by atoms with Crippen LogP contribution in [0.25, 0.3) is 0 Å². The molecule has 6 heteroatoms. The van der Waals surface area contributed by atoms with Gasteiger partial charge in [-0.1, -0.05) is 0 Å². The standard InChI is InChI=1S/C10H13NO4S/c12-7-2-1-3-8(13)11(7)10(9(14)15)4-5-16-6-10/h1-6H2,(H,14,15). The van der Waals surface area contributed by atoms with Gasteiger partial charge in [0.2, 0.25) is 11.8 Å². The van der Waals surface area contributed by atoms with Gasteiger partial charge >= 0.3 is 5.97 Å². The van der Waals surface area contributed by atoms with Crippen molar-refractivity contribution in [3.05, 3.63) is 0 Å². The third kappa shape index (κ3) is 1.61. The molecule has 1 unspecified atom stereocenters. The molecule has 0 aromatic rings. The Morgan fingerprint density at radius 3 is 2.38 bits per heavy atom. The van der Waals surface area contributed by atoms with Crippen LogP contribution in [0.1, 0.15) is 25.7 Å². The number of likely N-dealkylation sites (tertiary alicyclic amines) is 1. The van der Waals surface area contributed by atoms with E-state index in [1.54, 1.807) is 0 Å². The molecular formula is C10H13NO4S. The molecule has 2 aliphatic heterocycles. The molecule has 1 N–H and O–H groups in total. The number of amides is 2. The number of piperidine rings is 1. The lowest BCUT2D eigenvalue weighted by atomic mass is 9.93. The van der Waals surface area contributed by atoms with E-state index in [2.05, 4.69) is 0 Å². The van der Waals surface area contributed by atoms with Gasteiger partial charge in [-0.05, 0) is 18.6 Å². The number of carboxylic acid groups (broad SMARTS) is 1. The lowest BCUT2D eigenvalue weighted by Crippen LogP contribution is -2.61. The first-order chi connectivity index (χ1) is 7.58. The van der Waals surface area contributed by atoms with Crippen LogP contribution < -0.4 is 0 Å². The monoisotopic (exact) mass is 243 g/mol. The molecule has 2 heterocycles. The van der Waals surface area contributed by atoms with Crippen LogP contribution in [-0.4, -0.2) is 44.8 Å². The molecular weight excluding hydrogens is 230 g/mol. The van der Waals surface area contributed by atoms with E-state index in [0.717, 1.165) is 4.90 Å². The van der Waals surface area contributed by atoms with Gasteiger partial charge < -0.3 is 5.11 Å². The number of carboxylic acids is 1.